The fraction of sp³-hybridized carbons (Fsp3) is 0.533. The van der Waals surface area contributed by atoms with Crippen LogP contribution in [0.3, 0.4) is 0 Å². The van der Waals surface area contributed by atoms with Gasteiger partial charge in [-0.1, -0.05) is 34.1 Å². The number of halogens is 1. The molecule has 0 radical (unpaired) electrons. The number of rotatable bonds is 3. The first-order valence-corrected chi connectivity index (χ1v) is 7.65. The van der Waals surface area contributed by atoms with Crippen LogP contribution < -0.4 is 5.73 Å². The fourth-order valence-electron chi connectivity index (χ4n) is 2.67. The largest absolute Gasteiger partial charge is 0.340 e. The molecule has 0 spiro atoms. The molecule has 2 N–H and O–H groups in total. The van der Waals surface area contributed by atoms with Crippen LogP contribution in [-0.4, -0.2) is 29.4 Å². The number of benzene rings is 1. The summed E-state index contributed by atoms with van der Waals surface area (Å²) in [6.45, 7) is 2.90. The predicted molar refractivity (Wildman–Crippen MR) is 80.8 cm³/mol. The van der Waals surface area contributed by atoms with Gasteiger partial charge in [0, 0.05) is 29.5 Å². The lowest BCUT2D eigenvalue weighted by Gasteiger charge is -2.36. The third-order valence-corrected chi connectivity index (χ3v) is 4.58. The van der Waals surface area contributed by atoms with E-state index in [9.17, 15) is 4.79 Å². The third-order valence-electron chi connectivity index (χ3n) is 3.80. The molecule has 0 unspecified atom stereocenters. The van der Waals surface area contributed by atoms with Crippen molar-refractivity contribution in [2.24, 2.45) is 5.73 Å². The molecule has 1 saturated heterocycles. The molecule has 1 aromatic carbocycles. The second kappa shape index (κ2) is 6.53. The lowest BCUT2D eigenvalue weighted by Crippen LogP contribution is -2.48. The fourth-order valence-corrected chi connectivity index (χ4v) is 3.15. The molecule has 19 heavy (non-hydrogen) atoms. The zero-order chi connectivity index (χ0) is 13.8. The van der Waals surface area contributed by atoms with Gasteiger partial charge in [0.25, 0.3) is 0 Å². The van der Waals surface area contributed by atoms with E-state index in [1.54, 1.807) is 0 Å². The summed E-state index contributed by atoms with van der Waals surface area (Å²) in [6, 6.07) is 8.60. The molecule has 0 aromatic heterocycles. The van der Waals surface area contributed by atoms with Crippen LogP contribution in [0.15, 0.2) is 28.7 Å². The molecule has 1 aliphatic heterocycles. The minimum absolute atomic E-state index is 0.246. The minimum Gasteiger partial charge on any atom is -0.340 e. The Morgan fingerprint density at radius 1 is 1.47 bits per heavy atom. The molecular formula is C15H21BrN2O. The Balaban J connectivity index is 1.89. The molecule has 0 saturated carbocycles. The van der Waals surface area contributed by atoms with Crippen LogP contribution in [0.1, 0.15) is 31.7 Å². The van der Waals surface area contributed by atoms with Gasteiger partial charge >= 0.3 is 0 Å². The van der Waals surface area contributed by atoms with Gasteiger partial charge < -0.3 is 10.6 Å². The van der Waals surface area contributed by atoms with E-state index in [4.69, 9.17) is 5.73 Å². The zero-order valence-electron chi connectivity index (χ0n) is 11.3. The second-order valence-electron chi connectivity index (χ2n) is 5.31. The van der Waals surface area contributed by atoms with Crippen molar-refractivity contribution in [2.45, 2.75) is 44.7 Å². The monoisotopic (exact) mass is 324 g/mol. The highest BCUT2D eigenvalue weighted by atomic mass is 79.9. The molecule has 1 fully saturated rings. The van der Waals surface area contributed by atoms with E-state index in [1.807, 2.05) is 23.1 Å². The maximum Gasteiger partial charge on any atom is 0.223 e. The van der Waals surface area contributed by atoms with Crippen molar-refractivity contribution in [1.82, 2.24) is 4.90 Å². The average Bonchev–Trinajstić information content (AvgIpc) is 2.37. The van der Waals surface area contributed by atoms with Gasteiger partial charge in [0.2, 0.25) is 5.91 Å². The van der Waals surface area contributed by atoms with Crippen LogP contribution in [0.2, 0.25) is 0 Å². The van der Waals surface area contributed by atoms with E-state index in [1.165, 1.54) is 5.56 Å². The number of nitrogens with two attached hydrogens (primary N) is 1. The molecular weight excluding hydrogens is 304 g/mol. The van der Waals surface area contributed by atoms with Gasteiger partial charge in [0.1, 0.15) is 0 Å². The average molecular weight is 325 g/mol. The van der Waals surface area contributed by atoms with Crippen molar-refractivity contribution in [2.75, 3.05) is 6.54 Å². The van der Waals surface area contributed by atoms with Crippen molar-refractivity contribution in [1.29, 1.82) is 0 Å². The van der Waals surface area contributed by atoms with Crippen LogP contribution in [0, 0.1) is 0 Å². The summed E-state index contributed by atoms with van der Waals surface area (Å²) in [4.78, 5) is 14.3. The standard InChI is InChI=1S/C15H21BrN2O/c1-11-10-13(17)8-9-18(11)15(19)7-6-12-4-2-3-5-14(12)16/h2-5,11,13H,6-10,17H2,1H3/t11-,13-/m0/s1. The Morgan fingerprint density at radius 3 is 2.89 bits per heavy atom. The predicted octanol–water partition coefficient (Wildman–Crippen LogP) is 2.72. The van der Waals surface area contributed by atoms with Gasteiger partial charge in [0.15, 0.2) is 0 Å². The van der Waals surface area contributed by atoms with Crippen molar-refractivity contribution in [3.05, 3.63) is 34.3 Å². The molecule has 1 aromatic rings. The number of carbonyl (C=O) groups is 1. The number of likely N-dealkylation sites (tertiary alicyclic amines) is 1. The van der Waals surface area contributed by atoms with Crippen LogP contribution in [0.5, 0.6) is 0 Å². The Morgan fingerprint density at radius 2 is 2.21 bits per heavy atom. The zero-order valence-corrected chi connectivity index (χ0v) is 12.9. The maximum atomic E-state index is 12.3. The number of piperidine rings is 1. The summed E-state index contributed by atoms with van der Waals surface area (Å²) in [5.41, 5.74) is 7.12. The van der Waals surface area contributed by atoms with E-state index >= 15 is 0 Å². The van der Waals surface area contributed by atoms with Gasteiger partial charge in [-0.05, 0) is 37.8 Å². The molecule has 1 heterocycles. The lowest BCUT2D eigenvalue weighted by molar-refractivity contribution is -0.134. The SMILES string of the molecule is C[C@H]1C[C@@H](N)CCN1C(=O)CCc1ccccc1Br. The molecule has 0 aliphatic carbocycles. The third kappa shape index (κ3) is 3.80. The first-order valence-electron chi connectivity index (χ1n) is 6.86. The topological polar surface area (TPSA) is 46.3 Å². The van der Waals surface area contributed by atoms with E-state index in [0.29, 0.717) is 6.42 Å². The van der Waals surface area contributed by atoms with Crippen LogP contribution in [0.4, 0.5) is 0 Å². The van der Waals surface area contributed by atoms with Gasteiger partial charge in [-0.3, -0.25) is 4.79 Å². The molecule has 3 nitrogen and oxygen atoms in total. The van der Waals surface area contributed by atoms with E-state index in [-0.39, 0.29) is 18.0 Å². The van der Waals surface area contributed by atoms with Gasteiger partial charge in [-0.2, -0.15) is 0 Å². The van der Waals surface area contributed by atoms with Crippen LogP contribution >= 0.6 is 15.9 Å². The molecule has 1 amide bonds. The van der Waals surface area contributed by atoms with E-state index < -0.39 is 0 Å². The second-order valence-corrected chi connectivity index (χ2v) is 6.17. The van der Waals surface area contributed by atoms with Crippen LogP contribution in [-0.2, 0) is 11.2 Å². The summed E-state index contributed by atoms with van der Waals surface area (Å²) < 4.78 is 1.08. The smallest absolute Gasteiger partial charge is 0.223 e. The normalized spacial score (nSPS) is 23.4. The van der Waals surface area contributed by atoms with Gasteiger partial charge in [-0.25, -0.2) is 0 Å². The summed E-state index contributed by atoms with van der Waals surface area (Å²) >= 11 is 3.52. The highest BCUT2D eigenvalue weighted by molar-refractivity contribution is 9.10. The Kier molecular flexibility index (Phi) is 4.99. The van der Waals surface area contributed by atoms with Crippen molar-refractivity contribution in [3.8, 4) is 0 Å². The number of aryl methyl sites for hydroxylation is 1. The number of amides is 1. The van der Waals surface area contributed by atoms with E-state index in [0.717, 1.165) is 30.3 Å². The van der Waals surface area contributed by atoms with Crippen LogP contribution in [0.25, 0.3) is 0 Å². The van der Waals surface area contributed by atoms with Gasteiger partial charge in [-0.15, -0.1) is 0 Å². The number of carbonyl (C=O) groups excluding carboxylic acids is 1. The number of nitrogens with zero attached hydrogens (tertiary/aromatic N) is 1. The highest BCUT2D eigenvalue weighted by Crippen LogP contribution is 2.20. The quantitative estimate of drug-likeness (QED) is 0.929. The van der Waals surface area contributed by atoms with Crippen molar-refractivity contribution >= 4 is 21.8 Å². The summed E-state index contributed by atoms with van der Waals surface area (Å²) in [5.74, 6) is 0.246. The van der Waals surface area contributed by atoms with Crippen molar-refractivity contribution in [3.63, 3.8) is 0 Å². The minimum atomic E-state index is 0.246. The summed E-state index contributed by atoms with van der Waals surface area (Å²) in [6.07, 6.45) is 3.20. The highest BCUT2D eigenvalue weighted by Gasteiger charge is 2.26. The Labute approximate surface area is 123 Å². The number of hydrogen-bond acceptors (Lipinski definition) is 2. The Bertz CT molecular complexity index is 450. The molecule has 2 atom stereocenters. The lowest BCUT2D eigenvalue weighted by atomic mass is 9.98. The van der Waals surface area contributed by atoms with E-state index in [2.05, 4.69) is 28.9 Å². The first-order chi connectivity index (χ1) is 9.08. The first kappa shape index (κ1) is 14.5. The summed E-state index contributed by atoms with van der Waals surface area (Å²) in [7, 11) is 0. The molecule has 0 bridgehead atoms. The molecule has 4 heteroatoms. The summed E-state index contributed by atoms with van der Waals surface area (Å²) in [5, 5.41) is 0. The maximum absolute atomic E-state index is 12.3. The van der Waals surface area contributed by atoms with Gasteiger partial charge in [0.05, 0.1) is 0 Å². The number of hydrogen-bond donors (Lipinski definition) is 1. The molecule has 2 rings (SSSR count). The molecule has 104 valence electrons. The molecule has 1 aliphatic rings. The van der Waals surface area contributed by atoms with Crippen molar-refractivity contribution < 1.29 is 4.79 Å². The Hall–Kier alpha value is -0.870.